The van der Waals surface area contributed by atoms with E-state index in [0.717, 1.165) is 0 Å². The van der Waals surface area contributed by atoms with E-state index in [1.165, 1.54) is 0 Å². The Balaban J connectivity index is 2.66. The summed E-state index contributed by atoms with van der Waals surface area (Å²) in [5.41, 5.74) is -5.57. The van der Waals surface area contributed by atoms with Gasteiger partial charge in [0.25, 0.3) is 11.4 Å². The van der Waals surface area contributed by atoms with Crippen LogP contribution < -0.4 is 10.1 Å². The summed E-state index contributed by atoms with van der Waals surface area (Å²) in [5, 5.41) is 23.2. The number of benzene rings is 1. The van der Waals surface area contributed by atoms with Crippen LogP contribution in [-0.2, 0) is 6.18 Å². The third-order valence-corrected chi connectivity index (χ3v) is 3.13. The standard InChI is InChI=1S/C12H5ClF5N5O5/c13-7-3-8(28-10(14)15)20-11(19-7)21-9-5(12(16,17)18)1-4(22(24)25)2-6(9)23(26)27/h1-3,10H,(H,19,20,21). The molecular formula is C12H5ClF5N5O5. The number of anilines is 2. The zero-order valence-electron chi connectivity index (χ0n) is 12.9. The Labute approximate surface area is 155 Å². The second-order valence-corrected chi connectivity index (χ2v) is 5.14. The van der Waals surface area contributed by atoms with Crippen molar-refractivity contribution >= 4 is 34.6 Å². The third kappa shape index (κ3) is 4.87. The fourth-order valence-corrected chi connectivity index (χ4v) is 2.11. The van der Waals surface area contributed by atoms with E-state index in [0.29, 0.717) is 6.07 Å². The molecule has 0 aliphatic carbocycles. The van der Waals surface area contributed by atoms with Crippen molar-refractivity contribution in [1.82, 2.24) is 9.97 Å². The Kier molecular flexibility index (Phi) is 5.77. The first-order valence-corrected chi connectivity index (χ1v) is 7.06. The number of hydrogen-bond acceptors (Lipinski definition) is 8. The van der Waals surface area contributed by atoms with Gasteiger partial charge in [-0.1, -0.05) is 11.6 Å². The highest BCUT2D eigenvalue weighted by molar-refractivity contribution is 6.29. The molecular weight excluding hydrogens is 425 g/mol. The van der Waals surface area contributed by atoms with Gasteiger partial charge in [-0.25, -0.2) is 4.98 Å². The maximum atomic E-state index is 13.3. The highest BCUT2D eigenvalue weighted by Gasteiger charge is 2.40. The number of nitro groups is 2. The Bertz CT molecular complexity index is 942. The van der Waals surface area contributed by atoms with Crippen LogP contribution in [0.3, 0.4) is 0 Å². The van der Waals surface area contributed by atoms with Crippen LogP contribution >= 0.6 is 11.6 Å². The summed E-state index contributed by atoms with van der Waals surface area (Å²) in [4.78, 5) is 26.1. The van der Waals surface area contributed by atoms with E-state index in [1.54, 1.807) is 0 Å². The van der Waals surface area contributed by atoms with Crippen LogP contribution in [0.2, 0.25) is 5.15 Å². The lowest BCUT2D eigenvalue weighted by Gasteiger charge is -2.14. The van der Waals surface area contributed by atoms with Crippen LogP contribution in [-0.4, -0.2) is 26.4 Å². The normalized spacial score (nSPS) is 11.4. The van der Waals surface area contributed by atoms with Crippen molar-refractivity contribution < 1.29 is 36.5 Å². The molecule has 0 saturated carbocycles. The van der Waals surface area contributed by atoms with Crippen LogP contribution in [0.1, 0.15) is 5.56 Å². The van der Waals surface area contributed by atoms with Crippen LogP contribution in [0.4, 0.5) is 45.0 Å². The fourth-order valence-electron chi connectivity index (χ4n) is 1.93. The van der Waals surface area contributed by atoms with E-state index in [2.05, 4.69) is 14.7 Å². The number of hydrogen-bond donors (Lipinski definition) is 1. The molecule has 0 unspecified atom stereocenters. The van der Waals surface area contributed by atoms with Crippen molar-refractivity contribution in [2.75, 3.05) is 5.32 Å². The number of nitro benzene ring substituents is 2. The van der Waals surface area contributed by atoms with E-state index < -0.39 is 62.2 Å². The van der Waals surface area contributed by atoms with Gasteiger partial charge in [0.15, 0.2) is 0 Å². The number of non-ortho nitro benzene ring substituents is 1. The zero-order chi connectivity index (χ0) is 21.2. The molecule has 0 amide bonds. The summed E-state index contributed by atoms with van der Waals surface area (Å²) in [6.07, 6.45) is -5.26. The van der Waals surface area contributed by atoms with E-state index in [-0.39, 0.29) is 12.1 Å². The lowest BCUT2D eigenvalue weighted by atomic mass is 10.1. The third-order valence-electron chi connectivity index (χ3n) is 2.93. The number of halogens is 6. The fraction of sp³-hybridized carbons (Fsp3) is 0.167. The number of alkyl halides is 5. The van der Waals surface area contributed by atoms with Gasteiger partial charge in [-0.05, 0) is 0 Å². The molecule has 0 atom stereocenters. The molecule has 0 aliphatic heterocycles. The van der Waals surface area contributed by atoms with Crippen molar-refractivity contribution in [2.24, 2.45) is 0 Å². The molecule has 2 aromatic rings. The molecule has 1 aromatic carbocycles. The van der Waals surface area contributed by atoms with E-state index in [4.69, 9.17) is 11.6 Å². The van der Waals surface area contributed by atoms with Gasteiger partial charge in [0, 0.05) is 12.1 Å². The molecule has 1 heterocycles. The Hall–Kier alpha value is -3.36. The minimum absolute atomic E-state index is 0.0520. The van der Waals surface area contributed by atoms with Crippen LogP contribution in [0.25, 0.3) is 0 Å². The van der Waals surface area contributed by atoms with Crippen molar-refractivity contribution in [1.29, 1.82) is 0 Å². The molecule has 10 nitrogen and oxygen atoms in total. The number of nitrogens with zero attached hydrogens (tertiary/aromatic N) is 4. The van der Waals surface area contributed by atoms with Gasteiger partial charge in [0.1, 0.15) is 10.8 Å². The molecule has 150 valence electrons. The maximum absolute atomic E-state index is 13.3. The zero-order valence-corrected chi connectivity index (χ0v) is 13.7. The Morgan fingerprint density at radius 2 is 1.75 bits per heavy atom. The quantitative estimate of drug-likeness (QED) is 0.311. The summed E-state index contributed by atoms with van der Waals surface area (Å²) in [6, 6.07) is 1.04. The van der Waals surface area contributed by atoms with E-state index >= 15 is 0 Å². The molecule has 0 fully saturated rings. The second-order valence-electron chi connectivity index (χ2n) is 4.76. The Morgan fingerprint density at radius 3 is 2.25 bits per heavy atom. The second kappa shape index (κ2) is 7.71. The molecule has 0 radical (unpaired) electrons. The highest BCUT2D eigenvalue weighted by Crippen LogP contribution is 2.43. The van der Waals surface area contributed by atoms with E-state index in [1.807, 2.05) is 5.32 Å². The highest BCUT2D eigenvalue weighted by atomic mass is 35.5. The summed E-state index contributed by atoms with van der Waals surface area (Å²) in [5.74, 6) is -1.69. The lowest BCUT2D eigenvalue weighted by molar-refractivity contribution is -0.394. The molecule has 0 bridgehead atoms. The smallest absolute Gasteiger partial charge is 0.417 e. The predicted molar refractivity (Wildman–Crippen MR) is 81.7 cm³/mol. The first-order chi connectivity index (χ1) is 12.9. The van der Waals surface area contributed by atoms with Gasteiger partial charge >= 0.3 is 12.8 Å². The van der Waals surface area contributed by atoms with Gasteiger partial charge in [0.2, 0.25) is 11.8 Å². The minimum Gasteiger partial charge on any atom is -0.417 e. The average Bonchev–Trinajstić information content (AvgIpc) is 2.52. The van der Waals surface area contributed by atoms with Crippen LogP contribution in [0.5, 0.6) is 5.88 Å². The maximum Gasteiger partial charge on any atom is 0.418 e. The molecule has 0 saturated heterocycles. The van der Waals surface area contributed by atoms with Crippen molar-refractivity contribution in [3.8, 4) is 5.88 Å². The van der Waals surface area contributed by atoms with Crippen molar-refractivity contribution in [3.05, 3.63) is 49.1 Å². The first kappa shape index (κ1) is 20.9. The molecule has 0 spiro atoms. The van der Waals surface area contributed by atoms with E-state index in [9.17, 15) is 42.2 Å². The van der Waals surface area contributed by atoms with Gasteiger partial charge in [0.05, 0.1) is 21.5 Å². The molecule has 1 aromatic heterocycles. The molecule has 16 heteroatoms. The monoisotopic (exact) mass is 429 g/mol. The summed E-state index contributed by atoms with van der Waals surface area (Å²) >= 11 is 5.54. The molecule has 28 heavy (non-hydrogen) atoms. The van der Waals surface area contributed by atoms with Crippen LogP contribution in [0.15, 0.2) is 18.2 Å². The summed E-state index contributed by atoms with van der Waals surface area (Å²) in [6.45, 7) is -3.35. The van der Waals surface area contributed by atoms with Gasteiger partial charge in [-0.2, -0.15) is 26.9 Å². The van der Waals surface area contributed by atoms with Gasteiger partial charge in [-0.3, -0.25) is 20.2 Å². The largest absolute Gasteiger partial charge is 0.418 e. The summed E-state index contributed by atoms with van der Waals surface area (Å²) < 4.78 is 68.4. The predicted octanol–water partition coefficient (Wildman–Crippen LogP) is 4.31. The first-order valence-electron chi connectivity index (χ1n) is 6.69. The number of rotatable bonds is 6. The minimum atomic E-state index is -5.26. The molecule has 1 N–H and O–H groups in total. The summed E-state index contributed by atoms with van der Waals surface area (Å²) in [7, 11) is 0. The van der Waals surface area contributed by atoms with Gasteiger partial charge < -0.3 is 10.1 Å². The Morgan fingerprint density at radius 1 is 1.11 bits per heavy atom. The average molecular weight is 430 g/mol. The SMILES string of the molecule is O=[N+]([O-])c1cc([N+](=O)[O-])c(Nc2nc(Cl)cc(OC(F)F)n2)c(C(F)(F)F)c1. The molecule has 2 rings (SSSR count). The van der Waals surface area contributed by atoms with Gasteiger partial charge in [-0.15, -0.1) is 0 Å². The van der Waals surface area contributed by atoms with Crippen LogP contribution in [0, 0.1) is 20.2 Å². The topological polar surface area (TPSA) is 133 Å². The van der Waals surface area contributed by atoms with Crippen molar-refractivity contribution in [3.63, 3.8) is 0 Å². The van der Waals surface area contributed by atoms with Crippen molar-refractivity contribution in [2.45, 2.75) is 12.8 Å². The number of aromatic nitrogens is 2. The lowest BCUT2D eigenvalue weighted by Crippen LogP contribution is -2.13. The number of nitrogens with one attached hydrogen (secondary N) is 1. The molecule has 0 aliphatic rings. The number of ether oxygens (including phenoxy) is 1.